The Morgan fingerprint density at radius 2 is 1.89 bits per heavy atom. The minimum atomic E-state index is -0.159. The molecule has 1 N–H and O–H groups in total. The summed E-state index contributed by atoms with van der Waals surface area (Å²) in [5.41, 5.74) is 2.69. The fraction of sp³-hybridized carbons (Fsp3) is 0.167. The van der Waals surface area contributed by atoms with Crippen LogP contribution in [0.5, 0.6) is 0 Å². The minimum Gasteiger partial charge on any atom is -0.330 e. The zero-order valence-electron chi connectivity index (χ0n) is 14.5. The first-order chi connectivity index (χ1) is 13.2. The van der Waals surface area contributed by atoms with Crippen molar-refractivity contribution in [2.45, 2.75) is 23.6 Å². The lowest BCUT2D eigenvalue weighted by Gasteiger charge is -2.07. The zero-order chi connectivity index (χ0) is 18.6. The van der Waals surface area contributed by atoms with E-state index in [1.165, 1.54) is 33.3 Å². The fourth-order valence-electron chi connectivity index (χ4n) is 2.61. The van der Waals surface area contributed by atoms with Crippen molar-refractivity contribution in [3.05, 3.63) is 64.4 Å². The lowest BCUT2D eigenvalue weighted by Crippen LogP contribution is -2.23. The molecule has 0 aliphatic heterocycles. The van der Waals surface area contributed by atoms with Crippen LogP contribution in [-0.2, 0) is 12.3 Å². The van der Waals surface area contributed by atoms with Crippen LogP contribution in [0, 0.1) is 0 Å². The highest BCUT2D eigenvalue weighted by molar-refractivity contribution is 8.00. The summed E-state index contributed by atoms with van der Waals surface area (Å²) in [5.74, 6) is 0.330. The average Bonchev–Trinajstić information content (AvgIpc) is 3.15. The van der Waals surface area contributed by atoms with Gasteiger partial charge in [0.15, 0.2) is 4.34 Å². The Morgan fingerprint density at radius 3 is 2.78 bits per heavy atom. The summed E-state index contributed by atoms with van der Waals surface area (Å²) in [6.07, 6.45) is 0.938. The number of anilines is 2. The van der Waals surface area contributed by atoms with Gasteiger partial charge in [0.05, 0.1) is 11.3 Å². The lowest BCUT2D eigenvalue weighted by molar-refractivity contribution is 0.644. The monoisotopic (exact) mass is 396 g/mol. The lowest BCUT2D eigenvalue weighted by atomic mass is 10.1. The normalized spacial score (nSPS) is 11.0. The summed E-state index contributed by atoms with van der Waals surface area (Å²) < 4.78 is 2.10. The molecule has 0 aliphatic rings. The number of aryl methyl sites for hydroxylation is 1. The van der Waals surface area contributed by atoms with Crippen LogP contribution in [0.1, 0.15) is 12.5 Å². The van der Waals surface area contributed by atoms with Crippen molar-refractivity contribution in [1.29, 1.82) is 0 Å². The summed E-state index contributed by atoms with van der Waals surface area (Å²) in [6, 6.07) is 15.3. The molecule has 4 rings (SSSR count). The topological polar surface area (TPSA) is 85.6 Å². The Hall–Kier alpha value is -2.78. The SMILES string of the molecule is CCc1ccccc1Nc1nnc(SCn2nnc3ccccc3c2=O)s1. The molecule has 9 heteroatoms. The van der Waals surface area contributed by atoms with Gasteiger partial charge in [0.2, 0.25) is 5.13 Å². The molecule has 7 nitrogen and oxygen atoms in total. The summed E-state index contributed by atoms with van der Waals surface area (Å²) in [7, 11) is 0. The standard InChI is InChI=1S/C18H16N6OS2/c1-2-12-7-3-5-9-14(12)19-17-21-22-18(27-17)26-11-24-16(25)13-8-4-6-10-15(13)20-23-24/h3-10H,2,11H2,1H3,(H,19,21). The second-order valence-corrected chi connectivity index (χ2v) is 7.86. The van der Waals surface area contributed by atoms with Gasteiger partial charge in [-0.1, -0.05) is 65.6 Å². The molecule has 0 amide bonds. The van der Waals surface area contributed by atoms with Gasteiger partial charge in [0, 0.05) is 5.69 Å². The highest BCUT2D eigenvalue weighted by atomic mass is 32.2. The predicted molar refractivity (Wildman–Crippen MR) is 109 cm³/mol. The number of para-hydroxylation sites is 1. The summed E-state index contributed by atoms with van der Waals surface area (Å²) >= 11 is 2.84. The van der Waals surface area contributed by atoms with Crippen molar-refractivity contribution < 1.29 is 0 Å². The predicted octanol–water partition coefficient (Wildman–Crippen LogP) is 3.70. The molecule has 2 aromatic carbocycles. The number of hydrogen-bond acceptors (Lipinski definition) is 8. The number of hydrogen-bond donors (Lipinski definition) is 1. The molecule has 136 valence electrons. The van der Waals surface area contributed by atoms with Crippen LogP contribution in [0.4, 0.5) is 10.8 Å². The van der Waals surface area contributed by atoms with E-state index >= 15 is 0 Å². The molecule has 2 heterocycles. The van der Waals surface area contributed by atoms with E-state index in [0.717, 1.165) is 21.6 Å². The van der Waals surface area contributed by atoms with E-state index < -0.39 is 0 Å². The van der Waals surface area contributed by atoms with Gasteiger partial charge in [-0.15, -0.1) is 15.3 Å². The first kappa shape index (κ1) is 17.6. The van der Waals surface area contributed by atoms with E-state index in [9.17, 15) is 4.79 Å². The highest BCUT2D eigenvalue weighted by Crippen LogP contribution is 2.29. The summed E-state index contributed by atoms with van der Waals surface area (Å²) in [6.45, 7) is 2.12. The van der Waals surface area contributed by atoms with Crippen molar-refractivity contribution in [3.8, 4) is 0 Å². The van der Waals surface area contributed by atoms with Crippen LogP contribution >= 0.6 is 23.1 Å². The quantitative estimate of drug-likeness (QED) is 0.497. The van der Waals surface area contributed by atoms with Gasteiger partial charge in [-0.05, 0) is 30.2 Å². The molecule has 0 radical (unpaired) electrons. The van der Waals surface area contributed by atoms with E-state index in [0.29, 0.717) is 16.8 Å². The third kappa shape index (κ3) is 3.83. The maximum Gasteiger partial charge on any atom is 0.278 e. The van der Waals surface area contributed by atoms with Gasteiger partial charge in [-0.2, -0.15) is 4.68 Å². The van der Waals surface area contributed by atoms with E-state index in [1.807, 2.05) is 30.3 Å². The number of benzene rings is 2. The van der Waals surface area contributed by atoms with Crippen molar-refractivity contribution in [1.82, 2.24) is 25.2 Å². The molecule has 0 atom stereocenters. The Labute approximate surface area is 163 Å². The van der Waals surface area contributed by atoms with Gasteiger partial charge < -0.3 is 5.32 Å². The second-order valence-electron chi connectivity index (χ2n) is 5.69. The van der Waals surface area contributed by atoms with Gasteiger partial charge >= 0.3 is 0 Å². The van der Waals surface area contributed by atoms with Crippen LogP contribution in [-0.4, -0.2) is 25.2 Å². The smallest absolute Gasteiger partial charge is 0.278 e. The molecule has 2 aromatic heterocycles. The van der Waals surface area contributed by atoms with E-state index in [2.05, 4.69) is 38.8 Å². The van der Waals surface area contributed by atoms with Crippen molar-refractivity contribution in [2.75, 3.05) is 5.32 Å². The molecule has 0 fully saturated rings. The maximum absolute atomic E-state index is 12.5. The summed E-state index contributed by atoms with van der Waals surface area (Å²) in [4.78, 5) is 12.5. The maximum atomic E-state index is 12.5. The third-order valence-electron chi connectivity index (χ3n) is 3.99. The number of nitrogens with zero attached hydrogens (tertiary/aromatic N) is 5. The molecule has 0 unspecified atom stereocenters. The first-order valence-corrected chi connectivity index (χ1v) is 10.2. The van der Waals surface area contributed by atoms with E-state index in [-0.39, 0.29) is 5.56 Å². The van der Waals surface area contributed by atoms with Crippen LogP contribution in [0.3, 0.4) is 0 Å². The first-order valence-electron chi connectivity index (χ1n) is 8.38. The molecule has 0 saturated carbocycles. The number of aromatic nitrogens is 5. The Bertz CT molecular complexity index is 1140. The number of thioether (sulfide) groups is 1. The zero-order valence-corrected chi connectivity index (χ0v) is 16.1. The van der Waals surface area contributed by atoms with E-state index in [4.69, 9.17) is 0 Å². The number of fused-ring (bicyclic) bond motifs is 1. The highest BCUT2D eigenvalue weighted by Gasteiger charge is 2.10. The minimum absolute atomic E-state index is 0.159. The molecule has 0 saturated heterocycles. The second kappa shape index (κ2) is 7.85. The Kier molecular flexibility index (Phi) is 5.12. The molecule has 0 spiro atoms. The van der Waals surface area contributed by atoms with E-state index in [1.54, 1.807) is 12.1 Å². The van der Waals surface area contributed by atoms with Crippen LogP contribution in [0.2, 0.25) is 0 Å². The Morgan fingerprint density at radius 1 is 1.07 bits per heavy atom. The molecule has 0 bridgehead atoms. The average molecular weight is 397 g/mol. The molecule has 4 aromatic rings. The fourth-order valence-corrected chi connectivity index (χ4v) is 4.23. The van der Waals surface area contributed by atoms with Crippen molar-refractivity contribution in [2.24, 2.45) is 0 Å². The van der Waals surface area contributed by atoms with Crippen LogP contribution in [0.25, 0.3) is 10.9 Å². The van der Waals surface area contributed by atoms with Gasteiger partial charge in [-0.3, -0.25) is 4.79 Å². The Balaban J connectivity index is 1.47. The number of nitrogens with one attached hydrogen (secondary N) is 1. The van der Waals surface area contributed by atoms with Gasteiger partial charge in [0.25, 0.3) is 5.56 Å². The molecular formula is C18H16N6OS2. The van der Waals surface area contributed by atoms with Gasteiger partial charge in [-0.25, -0.2) is 0 Å². The molecular weight excluding hydrogens is 380 g/mol. The van der Waals surface area contributed by atoms with Crippen LogP contribution in [0.15, 0.2) is 57.7 Å². The van der Waals surface area contributed by atoms with Crippen molar-refractivity contribution in [3.63, 3.8) is 0 Å². The van der Waals surface area contributed by atoms with Crippen LogP contribution < -0.4 is 10.9 Å². The third-order valence-corrected chi connectivity index (χ3v) is 5.93. The number of rotatable bonds is 6. The van der Waals surface area contributed by atoms with Gasteiger partial charge in [0.1, 0.15) is 5.52 Å². The largest absolute Gasteiger partial charge is 0.330 e. The van der Waals surface area contributed by atoms with Crippen molar-refractivity contribution >= 4 is 44.8 Å². The molecule has 0 aliphatic carbocycles. The molecule has 27 heavy (non-hydrogen) atoms. The summed E-state index contributed by atoms with van der Waals surface area (Å²) in [5, 5.41) is 21.0.